The van der Waals surface area contributed by atoms with Gasteiger partial charge in [-0.3, -0.25) is 0 Å². The highest BCUT2D eigenvalue weighted by atomic mass is 14.4. The average molecular weight is 423 g/mol. The van der Waals surface area contributed by atoms with Gasteiger partial charge in [-0.2, -0.15) is 0 Å². The van der Waals surface area contributed by atoms with Crippen molar-refractivity contribution in [2.24, 2.45) is 53.3 Å². The summed E-state index contributed by atoms with van der Waals surface area (Å²) in [7, 11) is 0. The monoisotopic (exact) mass is 422 g/mol. The Labute approximate surface area is 193 Å². The van der Waals surface area contributed by atoms with Crippen LogP contribution in [0.4, 0.5) is 0 Å². The van der Waals surface area contributed by atoms with E-state index in [1.165, 1.54) is 64.2 Å². The second-order valence-corrected chi connectivity index (χ2v) is 11.4. The highest BCUT2D eigenvalue weighted by Gasteiger charge is 2.29. The minimum atomic E-state index is 0.838. The topological polar surface area (TPSA) is 0 Å². The van der Waals surface area contributed by atoms with Crippen molar-refractivity contribution in [2.75, 3.05) is 0 Å². The molecule has 1 fully saturated rings. The molecule has 0 aromatic carbocycles. The average Bonchev–Trinajstić information content (AvgIpc) is 3.17. The Morgan fingerprint density at radius 3 is 1.67 bits per heavy atom. The Bertz CT molecular complexity index is 377. The van der Waals surface area contributed by atoms with Gasteiger partial charge in [-0.05, 0) is 72.5 Å². The molecule has 0 N–H and O–H groups in total. The van der Waals surface area contributed by atoms with Crippen molar-refractivity contribution < 1.29 is 0 Å². The van der Waals surface area contributed by atoms with E-state index in [-0.39, 0.29) is 0 Å². The first-order valence-electron chi connectivity index (χ1n) is 14.2. The third kappa shape index (κ3) is 10.5. The Hall–Kier alpha value is 0. The van der Waals surface area contributed by atoms with E-state index in [1.807, 2.05) is 13.8 Å². The molecule has 0 heterocycles. The molecule has 0 amide bonds. The van der Waals surface area contributed by atoms with Gasteiger partial charge < -0.3 is 0 Å². The second-order valence-electron chi connectivity index (χ2n) is 11.4. The van der Waals surface area contributed by atoms with Crippen molar-refractivity contribution in [3.63, 3.8) is 0 Å². The first-order chi connectivity index (χ1) is 14.2. The predicted octanol–water partition coefficient (Wildman–Crippen LogP) is 10.7. The van der Waals surface area contributed by atoms with Crippen molar-refractivity contribution in [1.29, 1.82) is 0 Å². The van der Waals surface area contributed by atoms with Gasteiger partial charge in [0, 0.05) is 0 Å². The van der Waals surface area contributed by atoms with E-state index in [1.54, 1.807) is 0 Å². The highest BCUT2D eigenvalue weighted by molar-refractivity contribution is 4.81. The molecule has 0 radical (unpaired) electrons. The summed E-state index contributed by atoms with van der Waals surface area (Å²) in [5.74, 6) is 8.36. The molecule has 0 aromatic heterocycles. The zero-order valence-corrected chi connectivity index (χ0v) is 23.3. The fourth-order valence-electron chi connectivity index (χ4n) is 6.24. The van der Waals surface area contributed by atoms with Crippen LogP contribution in [0.5, 0.6) is 0 Å². The maximum atomic E-state index is 2.58. The van der Waals surface area contributed by atoms with Gasteiger partial charge >= 0.3 is 0 Å². The molecule has 6 atom stereocenters. The molecule has 6 unspecified atom stereocenters. The van der Waals surface area contributed by atoms with Crippen LogP contribution in [0.1, 0.15) is 140 Å². The van der Waals surface area contributed by atoms with Crippen LogP contribution in [0.2, 0.25) is 0 Å². The lowest BCUT2D eigenvalue weighted by molar-refractivity contribution is 0.158. The van der Waals surface area contributed by atoms with Crippen LogP contribution in [0.15, 0.2) is 0 Å². The molecule has 0 bridgehead atoms. The summed E-state index contributed by atoms with van der Waals surface area (Å²) >= 11 is 0. The Morgan fingerprint density at radius 2 is 1.20 bits per heavy atom. The SMILES string of the molecule is CC.CCC(CC(C(C)C)C(CC)CC)C(C)CCC1CCC(CC(C)C(C)C)C1. The summed E-state index contributed by atoms with van der Waals surface area (Å²) in [6.07, 6.45) is 14.6. The molecular formula is C30H62. The quantitative estimate of drug-likeness (QED) is 0.261. The van der Waals surface area contributed by atoms with Crippen molar-refractivity contribution in [3.05, 3.63) is 0 Å². The molecule has 182 valence electrons. The van der Waals surface area contributed by atoms with Gasteiger partial charge in [-0.1, -0.05) is 121 Å². The summed E-state index contributed by atoms with van der Waals surface area (Å²) in [6.45, 7) is 26.0. The molecule has 1 saturated carbocycles. The Balaban J connectivity index is 0.00000407. The molecule has 1 aliphatic rings. The summed E-state index contributed by atoms with van der Waals surface area (Å²) in [5, 5.41) is 0. The van der Waals surface area contributed by atoms with E-state index in [4.69, 9.17) is 0 Å². The van der Waals surface area contributed by atoms with Gasteiger partial charge in [0.2, 0.25) is 0 Å². The standard InChI is InChI=1S/C28H56.C2H6/c1-10-26(11-2)28(21(6)7)19-27(12-3)22(8)13-14-24-15-16-25(18-24)17-23(9)20(4)5;1-2/h20-28H,10-19H2,1-9H3;1-2H3. The van der Waals surface area contributed by atoms with Crippen molar-refractivity contribution in [3.8, 4) is 0 Å². The third-order valence-electron chi connectivity index (χ3n) is 8.94. The molecule has 1 rings (SSSR count). The lowest BCUT2D eigenvalue weighted by atomic mass is 9.71. The van der Waals surface area contributed by atoms with E-state index < -0.39 is 0 Å². The first-order valence-corrected chi connectivity index (χ1v) is 14.2. The molecule has 0 aromatic rings. The first kappa shape index (κ1) is 30.0. The van der Waals surface area contributed by atoms with Crippen LogP contribution >= 0.6 is 0 Å². The maximum Gasteiger partial charge on any atom is -0.0360 e. The molecule has 0 spiro atoms. The molecule has 0 saturated heterocycles. The van der Waals surface area contributed by atoms with Crippen LogP contribution in [0.3, 0.4) is 0 Å². The summed E-state index contributed by atoms with van der Waals surface area (Å²) in [5.41, 5.74) is 0. The molecular weight excluding hydrogens is 360 g/mol. The smallest absolute Gasteiger partial charge is 0.0360 e. The van der Waals surface area contributed by atoms with Gasteiger partial charge in [0.05, 0.1) is 0 Å². The number of hydrogen-bond donors (Lipinski definition) is 0. The summed E-state index contributed by atoms with van der Waals surface area (Å²) in [6, 6.07) is 0. The van der Waals surface area contributed by atoms with E-state index >= 15 is 0 Å². The van der Waals surface area contributed by atoms with Crippen molar-refractivity contribution in [2.45, 2.75) is 140 Å². The van der Waals surface area contributed by atoms with Gasteiger partial charge in [0.1, 0.15) is 0 Å². The highest BCUT2D eigenvalue weighted by Crippen LogP contribution is 2.41. The van der Waals surface area contributed by atoms with E-state index in [9.17, 15) is 0 Å². The predicted molar refractivity (Wildman–Crippen MR) is 140 cm³/mol. The molecule has 0 aliphatic heterocycles. The second kappa shape index (κ2) is 16.6. The lowest BCUT2D eigenvalue weighted by Crippen LogP contribution is -2.25. The molecule has 0 heteroatoms. The van der Waals surface area contributed by atoms with Crippen LogP contribution in [-0.2, 0) is 0 Å². The van der Waals surface area contributed by atoms with Gasteiger partial charge in [0.15, 0.2) is 0 Å². The van der Waals surface area contributed by atoms with E-state index in [0.717, 1.165) is 53.3 Å². The fourth-order valence-corrected chi connectivity index (χ4v) is 6.24. The third-order valence-corrected chi connectivity index (χ3v) is 8.94. The van der Waals surface area contributed by atoms with Crippen LogP contribution < -0.4 is 0 Å². The Kier molecular flexibility index (Phi) is 16.6. The minimum Gasteiger partial charge on any atom is -0.0683 e. The van der Waals surface area contributed by atoms with Crippen LogP contribution in [-0.4, -0.2) is 0 Å². The van der Waals surface area contributed by atoms with Gasteiger partial charge in [-0.25, -0.2) is 0 Å². The minimum absolute atomic E-state index is 0.838. The van der Waals surface area contributed by atoms with Crippen LogP contribution in [0.25, 0.3) is 0 Å². The lowest BCUT2D eigenvalue weighted by Gasteiger charge is -2.34. The van der Waals surface area contributed by atoms with E-state index in [2.05, 4.69) is 62.3 Å². The molecule has 1 aliphatic carbocycles. The Morgan fingerprint density at radius 1 is 0.667 bits per heavy atom. The largest absolute Gasteiger partial charge is 0.0683 e. The zero-order chi connectivity index (χ0) is 23.3. The van der Waals surface area contributed by atoms with Crippen molar-refractivity contribution in [1.82, 2.24) is 0 Å². The van der Waals surface area contributed by atoms with Crippen molar-refractivity contribution >= 4 is 0 Å². The van der Waals surface area contributed by atoms with Gasteiger partial charge in [-0.15, -0.1) is 0 Å². The fraction of sp³-hybridized carbons (Fsp3) is 1.00. The molecule has 0 nitrogen and oxygen atoms in total. The molecule has 30 heavy (non-hydrogen) atoms. The number of hydrogen-bond acceptors (Lipinski definition) is 0. The van der Waals surface area contributed by atoms with Gasteiger partial charge in [0.25, 0.3) is 0 Å². The zero-order valence-electron chi connectivity index (χ0n) is 23.3. The normalized spacial score (nSPS) is 23.4. The number of rotatable bonds is 14. The van der Waals surface area contributed by atoms with Crippen LogP contribution in [0, 0.1) is 53.3 Å². The summed E-state index contributed by atoms with van der Waals surface area (Å²) in [4.78, 5) is 0. The summed E-state index contributed by atoms with van der Waals surface area (Å²) < 4.78 is 0. The maximum absolute atomic E-state index is 2.58. The van der Waals surface area contributed by atoms with E-state index in [0.29, 0.717) is 0 Å².